The number of benzene rings is 3. The largest absolute Gasteiger partial charge is 0.487 e. The Bertz CT molecular complexity index is 1440. The van der Waals surface area contributed by atoms with Crippen LogP contribution in [0.5, 0.6) is 5.75 Å². The number of carbonyl (C=O) groups is 2. The van der Waals surface area contributed by atoms with Crippen molar-refractivity contribution in [1.82, 2.24) is 9.78 Å². The Kier molecular flexibility index (Phi) is 7.80. The second-order valence-corrected chi connectivity index (χ2v) is 8.29. The summed E-state index contributed by atoms with van der Waals surface area (Å²) < 4.78 is 7.22. The number of anilines is 2. The summed E-state index contributed by atoms with van der Waals surface area (Å²) in [4.78, 5) is 36.0. The van der Waals surface area contributed by atoms with E-state index in [2.05, 4.69) is 15.7 Å². The molecule has 2 amide bonds. The molecule has 3 aromatic carbocycles. The minimum Gasteiger partial charge on any atom is -0.487 e. The lowest BCUT2D eigenvalue weighted by Crippen LogP contribution is -2.18. The third kappa shape index (κ3) is 6.30. The third-order valence-corrected chi connectivity index (χ3v) is 5.61. The van der Waals surface area contributed by atoms with Gasteiger partial charge in [-0.05, 0) is 42.8 Å². The van der Waals surface area contributed by atoms with E-state index in [9.17, 15) is 19.7 Å². The number of rotatable bonds is 9. The first-order chi connectivity index (χ1) is 17.8. The minimum atomic E-state index is -0.536. The molecule has 4 aromatic rings. The molecule has 0 unspecified atom stereocenters. The number of nitrogens with zero attached hydrogens (tertiary/aromatic N) is 3. The van der Waals surface area contributed by atoms with Crippen molar-refractivity contribution in [2.75, 3.05) is 10.6 Å². The van der Waals surface area contributed by atoms with Crippen LogP contribution in [0.1, 0.15) is 33.3 Å². The van der Waals surface area contributed by atoms with Crippen LogP contribution in [0.3, 0.4) is 0 Å². The van der Waals surface area contributed by atoms with Crippen molar-refractivity contribution in [2.45, 2.75) is 20.1 Å². The average Bonchev–Trinajstić information content (AvgIpc) is 3.31. The van der Waals surface area contributed by atoms with Crippen LogP contribution in [-0.4, -0.2) is 26.5 Å². The van der Waals surface area contributed by atoms with Crippen LogP contribution < -0.4 is 15.4 Å². The third-order valence-electron chi connectivity index (χ3n) is 5.32. The van der Waals surface area contributed by atoms with Crippen LogP contribution in [0.15, 0.2) is 79.0 Å². The van der Waals surface area contributed by atoms with Crippen molar-refractivity contribution < 1.29 is 19.2 Å². The second kappa shape index (κ2) is 11.4. The topological polar surface area (TPSA) is 128 Å². The van der Waals surface area contributed by atoms with E-state index in [1.165, 1.54) is 18.2 Å². The first-order valence-corrected chi connectivity index (χ1v) is 11.6. The molecule has 0 aliphatic carbocycles. The number of nitrogens with one attached hydrogen (secondary N) is 2. The van der Waals surface area contributed by atoms with Gasteiger partial charge in [0.1, 0.15) is 12.4 Å². The average molecular weight is 520 g/mol. The van der Waals surface area contributed by atoms with Crippen LogP contribution in [0.4, 0.5) is 17.1 Å². The molecule has 10 nitrogen and oxygen atoms in total. The van der Waals surface area contributed by atoms with Crippen LogP contribution in [-0.2, 0) is 13.2 Å². The normalized spacial score (nSPS) is 10.5. The molecule has 0 atom stereocenters. The van der Waals surface area contributed by atoms with Gasteiger partial charge in [0.25, 0.3) is 17.5 Å². The summed E-state index contributed by atoms with van der Waals surface area (Å²) in [6.07, 6.45) is 1.61. The molecule has 0 bridgehead atoms. The molecule has 1 heterocycles. The molecule has 37 heavy (non-hydrogen) atoms. The maximum absolute atomic E-state index is 12.9. The highest BCUT2D eigenvalue weighted by Crippen LogP contribution is 2.29. The molecule has 0 saturated heterocycles. The molecule has 0 aliphatic heterocycles. The van der Waals surface area contributed by atoms with Crippen molar-refractivity contribution in [3.05, 3.63) is 111 Å². The van der Waals surface area contributed by atoms with Gasteiger partial charge < -0.3 is 15.4 Å². The molecule has 0 fully saturated rings. The van der Waals surface area contributed by atoms with Crippen LogP contribution in [0.25, 0.3) is 0 Å². The summed E-state index contributed by atoms with van der Waals surface area (Å²) in [6, 6.07) is 19.6. The summed E-state index contributed by atoms with van der Waals surface area (Å²) in [5, 5.41) is 20.8. The number of aromatic nitrogens is 2. The van der Waals surface area contributed by atoms with Crippen molar-refractivity contribution in [3.63, 3.8) is 0 Å². The number of aryl methyl sites for hydroxylation is 1. The monoisotopic (exact) mass is 519 g/mol. The highest BCUT2D eigenvalue weighted by atomic mass is 35.5. The van der Waals surface area contributed by atoms with E-state index < -0.39 is 16.7 Å². The van der Waals surface area contributed by atoms with Gasteiger partial charge in [-0.3, -0.25) is 24.4 Å². The van der Waals surface area contributed by atoms with Crippen LogP contribution in [0, 0.1) is 10.1 Å². The van der Waals surface area contributed by atoms with Crippen molar-refractivity contribution in [2.24, 2.45) is 0 Å². The van der Waals surface area contributed by atoms with Gasteiger partial charge >= 0.3 is 0 Å². The quantitative estimate of drug-likeness (QED) is 0.220. The van der Waals surface area contributed by atoms with E-state index >= 15 is 0 Å². The summed E-state index contributed by atoms with van der Waals surface area (Å²) in [7, 11) is 0. The number of nitro benzene ring substituents is 1. The highest BCUT2D eigenvalue weighted by molar-refractivity contribution is 6.32. The predicted octanol–water partition coefficient (Wildman–Crippen LogP) is 5.55. The van der Waals surface area contributed by atoms with Gasteiger partial charge in [-0.25, -0.2) is 0 Å². The molecule has 0 aliphatic rings. The first-order valence-electron chi connectivity index (χ1n) is 11.2. The number of carbonyl (C=O) groups excluding carboxylic acids is 2. The zero-order valence-electron chi connectivity index (χ0n) is 19.7. The fraction of sp³-hybridized carbons (Fsp3) is 0.115. The lowest BCUT2D eigenvalue weighted by Gasteiger charge is -2.09. The number of nitro groups is 1. The zero-order valence-corrected chi connectivity index (χ0v) is 20.4. The number of ether oxygens (including phenoxy) is 1. The Morgan fingerprint density at radius 1 is 1.03 bits per heavy atom. The van der Waals surface area contributed by atoms with Crippen LogP contribution >= 0.6 is 11.6 Å². The van der Waals surface area contributed by atoms with Gasteiger partial charge in [0.05, 0.1) is 15.6 Å². The molecule has 0 spiro atoms. The molecule has 188 valence electrons. The fourth-order valence-electron chi connectivity index (χ4n) is 3.38. The number of halogens is 1. The molecule has 1 aromatic heterocycles. The Hall–Kier alpha value is -4.70. The summed E-state index contributed by atoms with van der Waals surface area (Å²) in [5.74, 6) is -0.537. The van der Waals surface area contributed by atoms with Gasteiger partial charge in [0.2, 0.25) is 0 Å². The zero-order chi connectivity index (χ0) is 26.4. The van der Waals surface area contributed by atoms with E-state index in [1.807, 2.05) is 13.0 Å². The Morgan fingerprint density at radius 3 is 2.41 bits per heavy atom. The summed E-state index contributed by atoms with van der Waals surface area (Å²) in [6.45, 7) is 2.55. The van der Waals surface area contributed by atoms with Crippen molar-refractivity contribution >= 4 is 40.5 Å². The smallest absolute Gasteiger partial charge is 0.278 e. The number of non-ortho nitro benzene ring substituents is 1. The highest BCUT2D eigenvalue weighted by Gasteiger charge is 2.19. The molecule has 4 rings (SSSR count). The van der Waals surface area contributed by atoms with E-state index in [1.54, 1.807) is 59.4 Å². The molecule has 11 heteroatoms. The molecular formula is C26H22ClN5O5. The minimum absolute atomic E-state index is 0.101. The second-order valence-electron chi connectivity index (χ2n) is 7.88. The molecule has 0 saturated carbocycles. The summed E-state index contributed by atoms with van der Waals surface area (Å²) in [5.41, 5.74) is 2.01. The van der Waals surface area contributed by atoms with Gasteiger partial charge in [0, 0.05) is 36.1 Å². The molecule has 2 N–H and O–H groups in total. The Morgan fingerprint density at radius 2 is 1.76 bits per heavy atom. The molecular weight excluding hydrogens is 498 g/mol. The maximum Gasteiger partial charge on any atom is 0.278 e. The Balaban J connectivity index is 1.41. The van der Waals surface area contributed by atoms with Gasteiger partial charge in [-0.2, -0.15) is 5.10 Å². The number of hydrogen-bond acceptors (Lipinski definition) is 6. The molecule has 0 radical (unpaired) electrons. The first kappa shape index (κ1) is 25.4. The lowest BCUT2D eigenvalue weighted by atomic mass is 10.1. The predicted molar refractivity (Wildman–Crippen MR) is 139 cm³/mol. The number of para-hydroxylation sites is 1. The lowest BCUT2D eigenvalue weighted by molar-refractivity contribution is -0.384. The van der Waals surface area contributed by atoms with E-state index in [4.69, 9.17) is 16.3 Å². The number of amides is 2. The fourth-order valence-corrected chi connectivity index (χ4v) is 3.61. The number of hydrogen-bond donors (Lipinski definition) is 2. The standard InChI is InChI=1S/C26H22ClN5O5/c1-2-31-15-22(24(30-31)26(34)28-19-6-4-3-5-7-19)29-25(33)18-10-8-17(9-11-18)16-37-23-13-12-20(32(35)36)14-21(23)27/h3-15H,2,16H2,1H3,(H,28,34)(H,29,33). The Labute approximate surface area is 217 Å². The van der Waals surface area contributed by atoms with E-state index in [0.29, 0.717) is 29.2 Å². The van der Waals surface area contributed by atoms with Gasteiger partial charge in [0.15, 0.2) is 5.69 Å². The van der Waals surface area contributed by atoms with Crippen molar-refractivity contribution in [3.8, 4) is 5.75 Å². The van der Waals surface area contributed by atoms with Gasteiger partial charge in [-0.15, -0.1) is 0 Å². The maximum atomic E-state index is 12.9. The SMILES string of the molecule is CCn1cc(NC(=O)c2ccc(COc3ccc([N+](=O)[O-])cc3Cl)cc2)c(C(=O)Nc2ccccc2)n1. The van der Waals surface area contributed by atoms with E-state index in [-0.39, 0.29) is 23.0 Å². The van der Waals surface area contributed by atoms with Crippen molar-refractivity contribution in [1.29, 1.82) is 0 Å². The van der Waals surface area contributed by atoms with Crippen LogP contribution in [0.2, 0.25) is 5.02 Å². The van der Waals surface area contributed by atoms with Gasteiger partial charge in [-0.1, -0.05) is 41.9 Å². The summed E-state index contributed by atoms with van der Waals surface area (Å²) >= 11 is 6.06. The van der Waals surface area contributed by atoms with E-state index in [0.717, 1.165) is 5.56 Å².